The summed E-state index contributed by atoms with van der Waals surface area (Å²) in [7, 11) is 1.63. The van der Waals surface area contributed by atoms with Crippen molar-refractivity contribution in [3.63, 3.8) is 0 Å². The number of benzene rings is 2. The summed E-state index contributed by atoms with van der Waals surface area (Å²) in [4.78, 5) is 0. The Morgan fingerprint density at radius 2 is 1.61 bits per heavy atom. The van der Waals surface area contributed by atoms with E-state index in [1.165, 1.54) is 11.1 Å². The molecule has 0 aliphatic carbocycles. The second kappa shape index (κ2) is 20.8. The van der Waals surface area contributed by atoms with Gasteiger partial charge < -0.3 is 28.1 Å². The minimum Gasteiger partial charge on any atom is -0.497 e. The average Bonchev–Trinajstić information content (AvgIpc) is 3.10. The van der Waals surface area contributed by atoms with Crippen LogP contribution in [0.15, 0.2) is 78.4 Å². The van der Waals surface area contributed by atoms with Crippen molar-refractivity contribution in [1.82, 2.24) is 0 Å². The Bertz CT molecular complexity index is 1320. The van der Waals surface area contributed by atoms with Crippen molar-refractivity contribution in [3.8, 4) is 5.75 Å². The molecule has 51 heavy (non-hydrogen) atoms. The Morgan fingerprint density at radius 3 is 2.25 bits per heavy atom. The quantitative estimate of drug-likeness (QED) is 0.0685. The van der Waals surface area contributed by atoms with Crippen LogP contribution in [0.1, 0.15) is 105 Å². The van der Waals surface area contributed by atoms with Crippen molar-refractivity contribution in [2.45, 2.75) is 149 Å². The molecule has 0 N–H and O–H groups in total. The molecule has 6 atom stereocenters. The van der Waals surface area contributed by atoms with E-state index >= 15 is 0 Å². The predicted molar refractivity (Wildman–Crippen MR) is 214 cm³/mol. The number of hydrogen-bond donors (Lipinski definition) is 0. The van der Waals surface area contributed by atoms with Gasteiger partial charge in [0.2, 0.25) is 0 Å². The number of ether oxygens (including phenoxy) is 5. The molecule has 0 saturated heterocycles. The second-order valence-electron chi connectivity index (χ2n) is 16.2. The number of methoxy groups -OCH3 is 2. The van der Waals surface area contributed by atoms with Crippen LogP contribution in [0.3, 0.4) is 0 Å². The maximum Gasteiger partial charge on any atom is 0.192 e. The molecule has 0 unspecified atom stereocenters. The minimum atomic E-state index is -1.84. The van der Waals surface area contributed by atoms with Crippen LogP contribution < -0.4 is 4.74 Å². The summed E-state index contributed by atoms with van der Waals surface area (Å²) in [6.07, 6.45) is 13.7. The number of allylic oxidation sites excluding steroid dienone is 1. The SMILES string of the molecule is COc1ccc(CO[C@@H](CCC[C@@]2(OC)C=C[C@H](C)[C@@H](CCCOCc3ccccc3)O2)CC[C@H](C)/C=C(\C)[C@H](C)O[Si](C)(C)C(C)(C)C)cc1. The van der Waals surface area contributed by atoms with Crippen LogP contribution in [0.2, 0.25) is 18.1 Å². The highest BCUT2D eigenvalue weighted by Gasteiger charge is 2.39. The second-order valence-corrected chi connectivity index (χ2v) is 21.0. The zero-order valence-corrected chi connectivity index (χ0v) is 34.8. The maximum atomic E-state index is 6.72. The van der Waals surface area contributed by atoms with E-state index in [1.54, 1.807) is 14.2 Å². The van der Waals surface area contributed by atoms with Gasteiger partial charge in [-0.2, -0.15) is 0 Å². The summed E-state index contributed by atoms with van der Waals surface area (Å²) >= 11 is 0. The van der Waals surface area contributed by atoms with Crippen LogP contribution in [-0.2, 0) is 36.6 Å². The summed E-state index contributed by atoms with van der Waals surface area (Å²) in [6.45, 7) is 22.5. The third-order valence-corrected chi connectivity index (χ3v) is 15.5. The molecule has 0 fully saturated rings. The van der Waals surface area contributed by atoms with E-state index in [1.807, 2.05) is 18.2 Å². The molecule has 1 heterocycles. The van der Waals surface area contributed by atoms with Crippen molar-refractivity contribution in [3.05, 3.63) is 89.5 Å². The van der Waals surface area contributed by atoms with E-state index in [4.69, 9.17) is 28.1 Å². The first kappa shape index (κ1) is 43.1. The van der Waals surface area contributed by atoms with Gasteiger partial charge in [-0.1, -0.05) is 89.2 Å². The van der Waals surface area contributed by atoms with Gasteiger partial charge in [-0.25, -0.2) is 0 Å². The molecule has 6 nitrogen and oxygen atoms in total. The van der Waals surface area contributed by atoms with Gasteiger partial charge >= 0.3 is 0 Å². The highest BCUT2D eigenvalue weighted by molar-refractivity contribution is 6.74. The highest BCUT2D eigenvalue weighted by atomic mass is 28.4. The van der Waals surface area contributed by atoms with Gasteiger partial charge in [0, 0.05) is 26.1 Å². The Hall–Kier alpha value is -2.26. The first-order chi connectivity index (χ1) is 24.2. The summed E-state index contributed by atoms with van der Waals surface area (Å²) in [5, 5.41) is 0.193. The fourth-order valence-electron chi connectivity index (χ4n) is 6.31. The van der Waals surface area contributed by atoms with Crippen molar-refractivity contribution in [1.29, 1.82) is 0 Å². The molecule has 286 valence electrons. The van der Waals surface area contributed by atoms with Crippen LogP contribution in [0.25, 0.3) is 0 Å². The Kier molecular flexibility index (Phi) is 17.6. The lowest BCUT2D eigenvalue weighted by molar-refractivity contribution is -0.234. The van der Waals surface area contributed by atoms with Gasteiger partial charge in [-0.3, -0.25) is 0 Å². The van der Waals surface area contributed by atoms with Crippen LogP contribution in [0.5, 0.6) is 5.75 Å². The van der Waals surface area contributed by atoms with Gasteiger partial charge in [-0.15, -0.1) is 0 Å². The number of rotatable bonds is 22. The Morgan fingerprint density at radius 1 is 0.922 bits per heavy atom. The fraction of sp³-hybridized carbons (Fsp3) is 0.636. The van der Waals surface area contributed by atoms with E-state index in [9.17, 15) is 0 Å². The molecule has 0 bridgehead atoms. The molecule has 1 aliphatic rings. The molecular formula is C44H70O6Si. The molecular weight excluding hydrogens is 653 g/mol. The van der Waals surface area contributed by atoms with E-state index in [2.05, 4.69) is 116 Å². The molecule has 1 aliphatic heterocycles. The highest BCUT2D eigenvalue weighted by Crippen LogP contribution is 2.38. The van der Waals surface area contributed by atoms with Gasteiger partial charge in [0.05, 0.1) is 38.6 Å². The third kappa shape index (κ3) is 14.6. The molecule has 0 spiro atoms. The maximum absolute atomic E-state index is 6.72. The molecule has 0 aromatic heterocycles. The van der Waals surface area contributed by atoms with Gasteiger partial charge in [0.15, 0.2) is 14.1 Å². The lowest BCUT2D eigenvalue weighted by Gasteiger charge is -2.39. The third-order valence-electron chi connectivity index (χ3n) is 10.9. The minimum absolute atomic E-state index is 0.0938. The van der Waals surface area contributed by atoms with Gasteiger partial charge in [-0.05, 0) is 111 Å². The van der Waals surface area contributed by atoms with Gasteiger partial charge in [0.1, 0.15) is 5.75 Å². The van der Waals surface area contributed by atoms with Crippen LogP contribution in [-0.4, -0.2) is 53.2 Å². The van der Waals surface area contributed by atoms with E-state index in [-0.39, 0.29) is 23.4 Å². The van der Waals surface area contributed by atoms with Crippen LogP contribution in [0.4, 0.5) is 0 Å². The average molecular weight is 723 g/mol. The molecule has 0 amide bonds. The molecule has 7 heteroatoms. The van der Waals surface area contributed by atoms with Crippen molar-refractivity contribution in [2.75, 3.05) is 20.8 Å². The van der Waals surface area contributed by atoms with Crippen molar-refractivity contribution >= 4 is 8.32 Å². The van der Waals surface area contributed by atoms with E-state index in [0.29, 0.717) is 31.7 Å². The summed E-state index contributed by atoms with van der Waals surface area (Å²) in [5.74, 6) is 0.902. The van der Waals surface area contributed by atoms with E-state index in [0.717, 1.165) is 56.3 Å². The zero-order valence-electron chi connectivity index (χ0n) is 33.8. The fourth-order valence-corrected chi connectivity index (χ4v) is 7.73. The topological polar surface area (TPSA) is 55.4 Å². The molecule has 2 aromatic carbocycles. The Labute approximate surface area is 312 Å². The summed E-state index contributed by atoms with van der Waals surface area (Å²) in [5.41, 5.74) is 3.67. The van der Waals surface area contributed by atoms with Crippen LogP contribution >= 0.6 is 0 Å². The molecule has 0 radical (unpaired) electrons. The van der Waals surface area contributed by atoms with Crippen LogP contribution in [0, 0.1) is 11.8 Å². The molecule has 3 rings (SSSR count). The normalized spacial score (nSPS) is 21.7. The summed E-state index contributed by atoms with van der Waals surface area (Å²) in [6, 6.07) is 18.5. The Balaban J connectivity index is 1.57. The number of hydrogen-bond acceptors (Lipinski definition) is 6. The van der Waals surface area contributed by atoms with Crippen molar-refractivity contribution < 1.29 is 28.1 Å². The van der Waals surface area contributed by atoms with E-state index < -0.39 is 14.1 Å². The van der Waals surface area contributed by atoms with Gasteiger partial charge in [0.25, 0.3) is 0 Å². The smallest absolute Gasteiger partial charge is 0.192 e. The summed E-state index contributed by atoms with van der Waals surface area (Å²) < 4.78 is 37.4. The first-order valence-electron chi connectivity index (χ1n) is 19.3. The first-order valence-corrected chi connectivity index (χ1v) is 22.2. The lowest BCUT2D eigenvalue weighted by Crippen LogP contribution is -2.43. The zero-order chi connectivity index (χ0) is 37.5. The monoisotopic (exact) mass is 722 g/mol. The van der Waals surface area contributed by atoms with Crippen molar-refractivity contribution in [2.24, 2.45) is 11.8 Å². The molecule has 0 saturated carbocycles. The standard InChI is InChI=1S/C44H70O6Si/c1-34(31-36(3)37(4)50-51(10,11)43(5,6)7)21-24-41(48-33-39-22-25-40(45-8)26-23-39)19-15-28-44(46-9)29-27-35(2)42(49-44)20-16-30-47-32-38-17-13-12-14-18-38/h12-14,17-18,22-23,25-27,29,31,34-35,37,41-42H,15-16,19-21,24,28,30,32-33H2,1-11H3/b36-31+/t34-,35-,37-,41-,42+,44-/m0/s1. The lowest BCUT2D eigenvalue weighted by atomic mass is 9.92. The predicted octanol–water partition coefficient (Wildman–Crippen LogP) is 11.5. The largest absolute Gasteiger partial charge is 0.497 e. The molecule has 2 aromatic rings.